The average Bonchev–Trinajstić information content (AvgIpc) is 2.58. The summed E-state index contributed by atoms with van der Waals surface area (Å²) in [6.45, 7) is 2.60. The zero-order valence-electron chi connectivity index (χ0n) is 13.6. The molecular formula is C16H16F3N5O. The van der Waals surface area contributed by atoms with Crippen molar-refractivity contribution in [3.8, 4) is 11.3 Å². The molecule has 1 aliphatic rings. The highest BCUT2D eigenvalue weighted by atomic mass is 19.4. The zero-order chi connectivity index (χ0) is 18.2. The minimum atomic E-state index is -4.49. The summed E-state index contributed by atoms with van der Waals surface area (Å²) in [7, 11) is 1.60. The van der Waals surface area contributed by atoms with Gasteiger partial charge in [-0.2, -0.15) is 13.2 Å². The van der Waals surface area contributed by atoms with Crippen molar-refractivity contribution < 1.29 is 18.0 Å². The van der Waals surface area contributed by atoms with E-state index in [-0.39, 0.29) is 5.91 Å². The molecule has 25 heavy (non-hydrogen) atoms. The molecule has 0 bridgehead atoms. The summed E-state index contributed by atoms with van der Waals surface area (Å²) in [5.74, 6) is 0.235. The van der Waals surface area contributed by atoms with Crippen molar-refractivity contribution in [2.45, 2.75) is 25.1 Å². The number of aromatic nitrogens is 3. The molecule has 9 heteroatoms. The molecule has 1 saturated heterocycles. The maximum Gasteiger partial charge on any atom is 0.433 e. The van der Waals surface area contributed by atoms with Crippen molar-refractivity contribution in [3.63, 3.8) is 0 Å². The van der Waals surface area contributed by atoms with Gasteiger partial charge in [-0.25, -0.2) is 9.97 Å². The molecule has 2 aromatic rings. The van der Waals surface area contributed by atoms with Crippen LogP contribution in [0, 0.1) is 0 Å². The third-order valence-electron chi connectivity index (χ3n) is 4.26. The van der Waals surface area contributed by atoms with Crippen LogP contribution < -0.4 is 10.2 Å². The lowest BCUT2D eigenvalue weighted by atomic mass is 9.89. The minimum absolute atomic E-state index is 0.131. The number of alkyl halides is 3. The van der Waals surface area contributed by atoms with E-state index in [4.69, 9.17) is 0 Å². The number of carbonyl (C=O) groups excluding carboxylic acids is 1. The number of halogens is 3. The van der Waals surface area contributed by atoms with Crippen molar-refractivity contribution in [3.05, 3.63) is 36.4 Å². The first-order chi connectivity index (χ1) is 11.7. The fourth-order valence-corrected chi connectivity index (χ4v) is 2.56. The van der Waals surface area contributed by atoms with Crippen LogP contribution in [0.5, 0.6) is 0 Å². The van der Waals surface area contributed by atoms with Crippen LogP contribution in [0.25, 0.3) is 11.3 Å². The van der Waals surface area contributed by atoms with Crippen molar-refractivity contribution in [2.75, 3.05) is 18.5 Å². The highest BCUT2D eigenvalue weighted by Gasteiger charge is 2.41. The summed E-state index contributed by atoms with van der Waals surface area (Å²) in [5.41, 5.74) is -0.791. The van der Waals surface area contributed by atoms with Crippen LogP contribution in [-0.4, -0.2) is 40.0 Å². The Morgan fingerprint density at radius 1 is 1.28 bits per heavy atom. The average molecular weight is 351 g/mol. The van der Waals surface area contributed by atoms with Gasteiger partial charge in [0.1, 0.15) is 17.8 Å². The summed E-state index contributed by atoms with van der Waals surface area (Å²) < 4.78 is 37.8. The van der Waals surface area contributed by atoms with Crippen molar-refractivity contribution >= 4 is 11.7 Å². The lowest BCUT2D eigenvalue weighted by Crippen LogP contribution is -2.64. The summed E-state index contributed by atoms with van der Waals surface area (Å²) >= 11 is 0. The van der Waals surface area contributed by atoms with Gasteiger partial charge in [0, 0.05) is 24.9 Å². The maximum absolute atomic E-state index is 12.6. The van der Waals surface area contributed by atoms with Gasteiger partial charge < -0.3 is 5.32 Å². The number of rotatable bonds is 3. The second-order valence-corrected chi connectivity index (χ2v) is 6.06. The van der Waals surface area contributed by atoms with Gasteiger partial charge in [0.25, 0.3) is 0 Å². The molecule has 3 heterocycles. The van der Waals surface area contributed by atoms with Gasteiger partial charge in [-0.1, -0.05) is 0 Å². The van der Waals surface area contributed by atoms with Gasteiger partial charge in [0.15, 0.2) is 0 Å². The Labute approximate surface area is 142 Å². The molecule has 1 amide bonds. The largest absolute Gasteiger partial charge is 0.433 e. The molecular weight excluding hydrogens is 335 g/mol. The van der Waals surface area contributed by atoms with Crippen molar-refractivity contribution in [1.29, 1.82) is 0 Å². The third-order valence-corrected chi connectivity index (χ3v) is 4.26. The first-order valence-electron chi connectivity index (χ1n) is 7.59. The number of amides is 1. The normalized spacial score (nSPS) is 20.0. The standard InChI is InChI=1S/C16H16F3N5O/c1-15(5-6-23-15)14(25)24(2)13-7-11(21-9-22-13)10-3-4-12(20-8-10)16(17,18)19/h3-4,7-9,23H,5-6H2,1-2H3. The smallest absolute Gasteiger partial charge is 0.303 e. The highest BCUT2D eigenvalue weighted by Crippen LogP contribution is 2.29. The molecule has 0 aromatic carbocycles. The highest BCUT2D eigenvalue weighted by molar-refractivity contribution is 5.99. The Bertz CT molecular complexity index is 787. The van der Waals surface area contributed by atoms with E-state index in [0.29, 0.717) is 17.1 Å². The van der Waals surface area contributed by atoms with Crippen molar-refractivity contribution in [1.82, 2.24) is 20.3 Å². The molecule has 1 unspecified atom stereocenters. The number of hydrogen-bond donors (Lipinski definition) is 1. The van der Waals surface area contributed by atoms with E-state index in [9.17, 15) is 18.0 Å². The van der Waals surface area contributed by atoms with E-state index in [0.717, 1.165) is 25.2 Å². The van der Waals surface area contributed by atoms with Crippen LogP contribution in [0.3, 0.4) is 0 Å². The first kappa shape index (κ1) is 17.3. The molecule has 132 valence electrons. The Balaban J connectivity index is 1.85. The molecule has 0 spiro atoms. The second-order valence-electron chi connectivity index (χ2n) is 6.06. The molecule has 2 aromatic heterocycles. The van der Waals surface area contributed by atoms with Gasteiger partial charge in [-0.3, -0.25) is 14.7 Å². The Kier molecular flexibility index (Phi) is 4.19. The van der Waals surface area contributed by atoms with E-state index in [1.54, 1.807) is 13.1 Å². The van der Waals surface area contributed by atoms with Crippen LogP contribution in [0.15, 0.2) is 30.7 Å². The van der Waals surface area contributed by atoms with E-state index in [1.807, 2.05) is 6.92 Å². The van der Waals surface area contributed by atoms with Crippen LogP contribution in [-0.2, 0) is 11.0 Å². The minimum Gasteiger partial charge on any atom is -0.303 e. The van der Waals surface area contributed by atoms with Gasteiger partial charge >= 0.3 is 6.18 Å². The van der Waals surface area contributed by atoms with Crippen LogP contribution in [0.2, 0.25) is 0 Å². The van der Waals surface area contributed by atoms with E-state index >= 15 is 0 Å². The molecule has 6 nitrogen and oxygen atoms in total. The molecule has 1 N–H and O–H groups in total. The lowest BCUT2D eigenvalue weighted by Gasteiger charge is -2.40. The monoisotopic (exact) mass is 351 g/mol. The zero-order valence-corrected chi connectivity index (χ0v) is 13.6. The molecule has 1 atom stereocenters. The second kappa shape index (κ2) is 6.07. The topological polar surface area (TPSA) is 71.0 Å². The van der Waals surface area contributed by atoms with Gasteiger partial charge in [-0.15, -0.1) is 0 Å². The Morgan fingerprint density at radius 3 is 2.52 bits per heavy atom. The number of pyridine rings is 1. The number of anilines is 1. The molecule has 0 radical (unpaired) electrons. The SMILES string of the molecule is CN(C(=O)C1(C)CCN1)c1cc(-c2ccc(C(F)(F)F)nc2)ncn1. The van der Waals surface area contributed by atoms with Crippen LogP contribution >= 0.6 is 0 Å². The number of likely N-dealkylation sites (N-methyl/N-ethyl adjacent to an activating group) is 1. The summed E-state index contributed by atoms with van der Waals surface area (Å²) in [6, 6.07) is 3.73. The fraction of sp³-hybridized carbons (Fsp3) is 0.375. The van der Waals surface area contributed by atoms with E-state index < -0.39 is 17.4 Å². The van der Waals surface area contributed by atoms with Gasteiger partial charge in [-0.05, 0) is 32.0 Å². The number of hydrogen-bond acceptors (Lipinski definition) is 5. The number of carbonyl (C=O) groups is 1. The number of nitrogens with zero attached hydrogens (tertiary/aromatic N) is 4. The summed E-state index contributed by atoms with van der Waals surface area (Å²) in [5, 5.41) is 3.09. The first-order valence-corrected chi connectivity index (χ1v) is 7.59. The van der Waals surface area contributed by atoms with Gasteiger partial charge in [0.2, 0.25) is 5.91 Å². The summed E-state index contributed by atoms with van der Waals surface area (Å²) in [4.78, 5) is 25.5. The molecule has 1 aliphatic heterocycles. The van der Waals surface area contributed by atoms with Crippen LogP contribution in [0.4, 0.5) is 19.0 Å². The Hall–Kier alpha value is -2.55. The van der Waals surface area contributed by atoms with E-state index in [1.165, 1.54) is 17.3 Å². The third kappa shape index (κ3) is 3.32. The number of nitrogens with one attached hydrogen (secondary N) is 1. The lowest BCUT2D eigenvalue weighted by molar-refractivity contribution is -0.141. The maximum atomic E-state index is 12.6. The summed E-state index contributed by atoms with van der Waals surface area (Å²) in [6.07, 6.45) is -1.39. The molecule has 1 fully saturated rings. The predicted molar refractivity (Wildman–Crippen MR) is 84.7 cm³/mol. The van der Waals surface area contributed by atoms with Crippen LogP contribution in [0.1, 0.15) is 19.0 Å². The molecule has 0 aliphatic carbocycles. The molecule has 0 saturated carbocycles. The van der Waals surface area contributed by atoms with Crippen molar-refractivity contribution in [2.24, 2.45) is 0 Å². The predicted octanol–water partition coefficient (Wildman–Crippen LogP) is 2.27. The fourth-order valence-electron chi connectivity index (χ4n) is 2.56. The van der Waals surface area contributed by atoms with Gasteiger partial charge in [0.05, 0.1) is 11.2 Å². The molecule has 3 rings (SSSR count). The quantitative estimate of drug-likeness (QED) is 0.919. The Morgan fingerprint density at radius 2 is 2.00 bits per heavy atom. The van der Waals surface area contributed by atoms with E-state index in [2.05, 4.69) is 20.3 Å².